The number of benzene rings is 1. The van der Waals surface area contributed by atoms with Crippen molar-refractivity contribution in [1.82, 2.24) is 29.9 Å². The number of rotatable bonds is 4. The molecule has 3 atom stereocenters. The smallest absolute Gasteiger partial charge is 0.349 e. The molecule has 2 bridgehead atoms. The minimum atomic E-state index is -4.51. The summed E-state index contributed by atoms with van der Waals surface area (Å²) in [6, 6.07) is 3.42. The molecular weight excluding hydrogens is 430 g/mol. The van der Waals surface area contributed by atoms with Gasteiger partial charge in [0.25, 0.3) is 5.91 Å². The highest BCUT2D eigenvalue weighted by molar-refractivity contribution is 5.98. The van der Waals surface area contributed by atoms with E-state index >= 15 is 0 Å². The Morgan fingerprint density at radius 3 is 2.47 bits per heavy atom. The molecule has 0 spiro atoms. The van der Waals surface area contributed by atoms with Gasteiger partial charge in [-0.2, -0.15) is 28.2 Å². The van der Waals surface area contributed by atoms with Gasteiger partial charge in [0, 0.05) is 31.0 Å². The average Bonchev–Trinajstić information content (AvgIpc) is 3.50. The molecule has 5 rings (SSSR count). The first-order chi connectivity index (χ1) is 15.3. The van der Waals surface area contributed by atoms with Gasteiger partial charge in [-0.05, 0) is 30.9 Å². The summed E-state index contributed by atoms with van der Waals surface area (Å²) in [6.07, 6.45) is 1.31. The molecule has 1 saturated heterocycles. The van der Waals surface area contributed by atoms with Gasteiger partial charge in [-0.1, -0.05) is 0 Å². The van der Waals surface area contributed by atoms with Crippen LogP contribution in [0.4, 0.5) is 23.5 Å². The number of hydrogen-bond acceptors (Lipinski definition) is 6. The molecule has 0 radical (unpaired) electrons. The van der Waals surface area contributed by atoms with E-state index in [4.69, 9.17) is 0 Å². The van der Waals surface area contributed by atoms with Crippen LogP contribution >= 0.6 is 0 Å². The topological polar surface area (TPSA) is 88.8 Å². The van der Waals surface area contributed by atoms with E-state index in [1.54, 1.807) is 4.90 Å². The van der Waals surface area contributed by atoms with Crippen molar-refractivity contribution in [2.24, 2.45) is 5.92 Å². The van der Waals surface area contributed by atoms with E-state index in [1.165, 1.54) is 35.4 Å². The number of carbonyl (C=O) groups is 1. The molecule has 8 nitrogen and oxygen atoms in total. The third-order valence-corrected chi connectivity index (χ3v) is 5.86. The van der Waals surface area contributed by atoms with Crippen molar-refractivity contribution in [3.8, 4) is 5.69 Å². The highest BCUT2D eigenvalue weighted by Gasteiger charge is 2.47. The lowest BCUT2D eigenvalue weighted by molar-refractivity contribution is -0.138. The van der Waals surface area contributed by atoms with E-state index in [-0.39, 0.29) is 41.1 Å². The third kappa shape index (κ3) is 3.65. The van der Waals surface area contributed by atoms with Crippen LogP contribution in [0.25, 0.3) is 5.69 Å². The molecule has 1 aromatic carbocycles. The Morgan fingerprint density at radius 1 is 1.09 bits per heavy atom. The molecule has 1 aliphatic carbocycles. The molecule has 2 fully saturated rings. The first-order valence-corrected chi connectivity index (χ1v) is 9.92. The number of fused-ring (bicyclic) bond motifs is 2. The quantitative estimate of drug-likeness (QED) is 0.619. The van der Waals surface area contributed by atoms with Gasteiger partial charge in [-0.3, -0.25) is 4.79 Å². The maximum atomic E-state index is 13.8. The number of nitrogens with zero attached hydrogens (tertiary/aromatic N) is 6. The van der Waals surface area contributed by atoms with Crippen LogP contribution in [0.2, 0.25) is 0 Å². The van der Waals surface area contributed by atoms with E-state index in [2.05, 4.69) is 25.5 Å². The van der Waals surface area contributed by atoms with E-state index in [9.17, 15) is 22.4 Å². The van der Waals surface area contributed by atoms with Gasteiger partial charge < -0.3 is 10.2 Å². The molecule has 3 aromatic rings. The zero-order valence-corrected chi connectivity index (χ0v) is 16.5. The van der Waals surface area contributed by atoms with E-state index < -0.39 is 17.6 Å². The summed E-state index contributed by atoms with van der Waals surface area (Å²) < 4.78 is 52.0. The lowest BCUT2D eigenvalue weighted by Gasteiger charge is -2.34. The monoisotopic (exact) mass is 447 g/mol. The van der Waals surface area contributed by atoms with Gasteiger partial charge in [0.05, 0.1) is 29.6 Å². The number of anilines is 1. The molecule has 1 N–H and O–H groups in total. The van der Waals surface area contributed by atoms with Crippen molar-refractivity contribution >= 4 is 11.9 Å². The maximum Gasteiger partial charge on any atom is 0.419 e. The zero-order valence-electron chi connectivity index (χ0n) is 16.5. The maximum absolute atomic E-state index is 13.8. The number of halogens is 4. The highest BCUT2D eigenvalue weighted by atomic mass is 19.4. The van der Waals surface area contributed by atoms with Gasteiger partial charge in [-0.25, -0.2) is 14.4 Å². The minimum absolute atomic E-state index is 0.0751. The highest BCUT2D eigenvalue weighted by Crippen LogP contribution is 2.40. The van der Waals surface area contributed by atoms with Crippen molar-refractivity contribution in [2.45, 2.75) is 31.1 Å². The molecule has 3 heterocycles. The number of likely N-dealkylation sites (tertiary alicyclic amines) is 1. The molecule has 12 heteroatoms. The summed E-state index contributed by atoms with van der Waals surface area (Å²) in [5.74, 6) is -0.491. The summed E-state index contributed by atoms with van der Waals surface area (Å²) in [4.78, 5) is 23.8. The molecule has 2 aliphatic rings. The number of amides is 1. The third-order valence-electron chi connectivity index (χ3n) is 5.86. The fraction of sp³-hybridized carbons (Fsp3) is 0.350. The molecule has 1 saturated carbocycles. The van der Waals surface area contributed by atoms with Crippen molar-refractivity contribution in [3.05, 3.63) is 59.9 Å². The molecule has 2 aromatic heterocycles. The Labute approximate surface area is 179 Å². The van der Waals surface area contributed by atoms with Crippen LogP contribution in [0.15, 0.2) is 43.0 Å². The largest absolute Gasteiger partial charge is 0.419 e. The van der Waals surface area contributed by atoms with E-state index in [1.807, 2.05) is 0 Å². The van der Waals surface area contributed by atoms with Crippen molar-refractivity contribution in [2.75, 3.05) is 11.9 Å². The zero-order chi connectivity index (χ0) is 22.5. The predicted octanol–water partition coefficient (Wildman–Crippen LogP) is 2.93. The second-order valence-corrected chi connectivity index (χ2v) is 7.89. The normalized spacial score (nSPS) is 22.4. The lowest BCUT2D eigenvalue weighted by atomic mass is 10.0. The molecular formula is C20H17F4N7O. The fourth-order valence-corrected chi connectivity index (χ4v) is 4.47. The van der Waals surface area contributed by atoms with E-state index in [0.29, 0.717) is 6.54 Å². The summed E-state index contributed by atoms with van der Waals surface area (Å²) in [5.41, 5.74) is -0.429. The molecule has 1 amide bonds. The van der Waals surface area contributed by atoms with Gasteiger partial charge in [0.15, 0.2) is 0 Å². The molecule has 32 heavy (non-hydrogen) atoms. The summed E-state index contributed by atoms with van der Waals surface area (Å²) in [7, 11) is 0. The second kappa shape index (κ2) is 7.53. The number of alkyl halides is 3. The van der Waals surface area contributed by atoms with Crippen LogP contribution in [0, 0.1) is 11.7 Å². The number of piperidine rings is 1. The Morgan fingerprint density at radius 2 is 1.81 bits per heavy atom. The fourth-order valence-electron chi connectivity index (χ4n) is 4.47. The van der Waals surface area contributed by atoms with Crippen molar-refractivity contribution in [3.63, 3.8) is 0 Å². The first-order valence-electron chi connectivity index (χ1n) is 9.92. The summed E-state index contributed by atoms with van der Waals surface area (Å²) >= 11 is 0. The van der Waals surface area contributed by atoms with Crippen LogP contribution in [0.3, 0.4) is 0 Å². The Bertz CT molecular complexity index is 1130. The predicted molar refractivity (Wildman–Crippen MR) is 103 cm³/mol. The molecule has 166 valence electrons. The van der Waals surface area contributed by atoms with Gasteiger partial charge in [0.1, 0.15) is 11.5 Å². The van der Waals surface area contributed by atoms with Crippen LogP contribution in [-0.4, -0.2) is 54.4 Å². The minimum Gasteiger partial charge on any atom is -0.349 e. The molecule has 1 aliphatic heterocycles. The Hall–Kier alpha value is -3.57. The van der Waals surface area contributed by atoms with Gasteiger partial charge in [0.2, 0.25) is 5.95 Å². The number of hydrogen-bond donors (Lipinski definition) is 1. The number of carbonyl (C=O) groups excluding carboxylic acids is 1. The standard InChI is InChI=1S/C20H17F4N7O/c21-13-1-2-14(16(7-13)31-27-3-4-28-31)18(32)30-10-11-5-15(17(30)6-11)29-19-25-8-12(9-26-19)20(22,23)24/h1-4,7-9,11,15,17H,5-6,10H2,(H,25,26,29)/t11-,15?,17?/m0/s1. The van der Waals surface area contributed by atoms with Crippen LogP contribution < -0.4 is 5.32 Å². The Kier molecular flexibility index (Phi) is 4.79. The van der Waals surface area contributed by atoms with Crippen LogP contribution in [0.1, 0.15) is 28.8 Å². The molecule has 2 unspecified atom stereocenters. The van der Waals surface area contributed by atoms with E-state index in [0.717, 1.165) is 25.2 Å². The number of aromatic nitrogens is 5. The van der Waals surface area contributed by atoms with Crippen LogP contribution in [-0.2, 0) is 6.18 Å². The van der Waals surface area contributed by atoms with Crippen molar-refractivity contribution < 1.29 is 22.4 Å². The first kappa shape index (κ1) is 20.3. The SMILES string of the molecule is O=C(c1ccc(F)cc1-n1nccn1)N1C[C@H]2CC(Nc3ncc(C(F)(F)F)cn3)C1C2. The summed E-state index contributed by atoms with van der Waals surface area (Å²) in [5, 5.41) is 11.1. The van der Waals surface area contributed by atoms with Gasteiger partial charge >= 0.3 is 6.18 Å². The van der Waals surface area contributed by atoms with Crippen LogP contribution in [0.5, 0.6) is 0 Å². The number of nitrogens with one attached hydrogen (secondary N) is 1. The lowest BCUT2D eigenvalue weighted by Crippen LogP contribution is -2.48. The average molecular weight is 447 g/mol. The van der Waals surface area contributed by atoms with Gasteiger partial charge in [-0.15, -0.1) is 0 Å². The summed E-state index contributed by atoms with van der Waals surface area (Å²) in [6.45, 7) is 0.541. The Balaban J connectivity index is 1.36. The van der Waals surface area contributed by atoms with Crippen molar-refractivity contribution in [1.29, 1.82) is 0 Å². The second-order valence-electron chi connectivity index (χ2n) is 7.89.